The van der Waals surface area contributed by atoms with E-state index in [1.807, 2.05) is 22.9 Å². The van der Waals surface area contributed by atoms with Gasteiger partial charge in [-0.1, -0.05) is 18.2 Å². The molecule has 6 nitrogen and oxygen atoms in total. The van der Waals surface area contributed by atoms with Gasteiger partial charge in [0.05, 0.1) is 5.52 Å². The molecular formula is C19H24FN5O. The van der Waals surface area contributed by atoms with Crippen LogP contribution in [-0.2, 0) is 0 Å². The highest BCUT2D eigenvalue weighted by Gasteiger charge is 2.26. The molecule has 26 heavy (non-hydrogen) atoms. The van der Waals surface area contributed by atoms with E-state index in [0.717, 1.165) is 42.5 Å². The third-order valence-electron chi connectivity index (χ3n) is 5.08. The molecule has 3 heterocycles. The minimum atomic E-state index is -0.291. The average Bonchev–Trinajstić information content (AvgIpc) is 3.27. The molecule has 3 aromatic rings. The maximum Gasteiger partial charge on any atom is 0.268 e. The van der Waals surface area contributed by atoms with E-state index >= 15 is 0 Å². The molecule has 0 aliphatic carbocycles. The van der Waals surface area contributed by atoms with Gasteiger partial charge in [0.2, 0.25) is 5.89 Å². The molecule has 1 fully saturated rings. The van der Waals surface area contributed by atoms with E-state index in [0.29, 0.717) is 18.3 Å². The number of hydrogen-bond donors (Lipinski definition) is 0. The van der Waals surface area contributed by atoms with Crippen molar-refractivity contribution in [3.8, 4) is 11.6 Å². The number of rotatable bonds is 5. The topological polar surface area (TPSA) is 60.0 Å². The monoisotopic (exact) mass is 357 g/mol. The zero-order chi connectivity index (χ0) is 18.1. The van der Waals surface area contributed by atoms with Crippen LogP contribution in [0.15, 0.2) is 28.7 Å². The van der Waals surface area contributed by atoms with Gasteiger partial charge in [0, 0.05) is 23.9 Å². The molecule has 1 saturated heterocycles. The van der Waals surface area contributed by atoms with Crippen LogP contribution in [0.4, 0.5) is 4.39 Å². The Balaban J connectivity index is 1.60. The maximum atomic E-state index is 12.5. The van der Waals surface area contributed by atoms with Gasteiger partial charge in [0.25, 0.3) is 5.89 Å². The van der Waals surface area contributed by atoms with Crippen LogP contribution in [0.5, 0.6) is 0 Å². The van der Waals surface area contributed by atoms with Crippen LogP contribution in [-0.4, -0.2) is 51.2 Å². The number of halogens is 1. The normalized spacial score (nSPS) is 16.8. The van der Waals surface area contributed by atoms with Gasteiger partial charge in [-0.3, -0.25) is 4.68 Å². The van der Waals surface area contributed by atoms with Gasteiger partial charge in [-0.05, 0) is 45.8 Å². The summed E-state index contributed by atoms with van der Waals surface area (Å²) in [5.74, 6) is 1.38. The predicted octanol–water partition coefficient (Wildman–Crippen LogP) is 3.82. The van der Waals surface area contributed by atoms with Gasteiger partial charge in [-0.2, -0.15) is 5.10 Å². The van der Waals surface area contributed by atoms with E-state index in [1.165, 1.54) is 0 Å². The lowest BCUT2D eigenvalue weighted by Crippen LogP contribution is -2.34. The first-order chi connectivity index (χ1) is 12.7. The van der Waals surface area contributed by atoms with Gasteiger partial charge >= 0.3 is 0 Å². The Hall–Kier alpha value is -2.28. The first kappa shape index (κ1) is 17.1. The van der Waals surface area contributed by atoms with Crippen LogP contribution < -0.4 is 0 Å². The number of benzene rings is 1. The van der Waals surface area contributed by atoms with Crippen LogP contribution in [0.3, 0.4) is 0 Å². The molecule has 0 amide bonds. The Kier molecular flexibility index (Phi) is 4.72. The lowest BCUT2D eigenvalue weighted by Gasteiger charge is -2.29. The van der Waals surface area contributed by atoms with Crippen LogP contribution in [0.1, 0.15) is 44.5 Å². The van der Waals surface area contributed by atoms with Crippen molar-refractivity contribution in [2.45, 2.75) is 38.6 Å². The average molecular weight is 357 g/mol. The number of likely N-dealkylation sites (tertiary alicyclic amines) is 1. The molecule has 2 aromatic heterocycles. The highest BCUT2D eigenvalue weighted by molar-refractivity contribution is 5.91. The summed E-state index contributed by atoms with van der Waals surface area (Å²) in [4.78, 5) is 2.14. The predicted molar refractivity (Wildman–Crippen MR) is 97.8 cm³/mol. The van der Waals surface area contributed by atoms with Crippen molar-refractivity contribution < 1.29 is 8.81 Å². The first-order valence-corrected chi connectivity index (χ1v) is 9.26. The molecule has 138 valence electrons. The number of para-hydroxylation sites is 1. The third kappa shape index (κ3) is 3.11. The largest absolute Gasteiger partial charge is 0.419 e. The van der Waals surface area contributed by atoms with Gasteiger partial charge in [0.1, 0.15) is 6.67 Å². The molecule has 7 heteroatoms. The summed E-state index contributed by atoms with van der Waals surface area (Å²) in [5, 5.41) is 14.3. The zero-order valence-electron chi connectivity index (χ0n) is 15.2. The molecular weight excluding hydrogens is 333 g/mol. The highest BCUT2D eigenvalue weighted by Crippen LogP contribution is 2.32. The second kappa shape index (κ2) is 7.15. The number of nitrogens with zero attached hydrogens (tertiary/aromatic N) is 5. The summed E-state index contributed by atoms with van der Waals surface area (Å²) < 4.78 is 20.5. The Morgan fingerprint density at radius 3 is 2.69 bits per heavy atom. The van der Waals surface area contributed by atoms with E-state index < -0.39 is 0 Å². The van der Waals surface area contributed by atoms with Crippen molar-refractivity contribution in [2.24, 2.45) is 0 Å². The zero-order valence-corrected chi connectivity index (χ0v) is 15.2. The maximum absolute atomic E-state index is 12.5. The van der Waals surface area contributed by atoms with E-state index in [1.54, 1.807) is 0 Å². The van der Waals surface area contributed by atoms with Crippen LogP contribution in [0, 0.1) is 0 Å². The Morgan fingerprint density at radius 2 is 1.96 bits per heavy atom. The van der Waals surface area contributed by atoms with Crippen molar-refractivity contribution in [3.63, 3.8) is 0 Å². The highest BCUT2D eigenvalue weighted by atomic mass is 19.1. The van der Waals surface area contributed by atoms with Crippen molar-refractivity contribution in [2.75, 3.05) is 26.3 Å². The second-order valence-electron chi connectivity index (χ2n) is 7.15. The fourth-order valence-corrected chi connectivity index (χ4v) is 3.66. The quantitative estimate of drug-likeness (QED) is 0.695. The van der Waals surface area contributed by atoms with E-state index in [-0.39, 0.29) is 18.6 Å². The second-order valence-corrected chi connectivity index (χ2v) is 7.15. The Labute approximate surface area is 152 Å². The lowest BCUT2D eigenvalue weighted by atomic mass is 9.97. The van der Waals surface area contributed by atoms with Gasteiger partial charge in [-0.25, -0.2) is 4.39 Å². The minimum Gasteiger partial charge on any atom is -0.419 e. The molecule has 0 radical (unpaired) electrons. The van der Waals surface area contributed by atoms with Crippen LogP contribution in [0.25, 0.3) is 22.5 Å². The van der Waals surface area contributed by atoms with Gasteiger partial charge in [0.15, 0.2) is 5.69 Å². The van der Waals surface area contributed by atoms with Crippen molar-refractivity contribution >= 4 is 10.9 Å². The summed E-state index contributed by atoms with van der Waals surface area (Å²) in [6.45, 7) is 6.18. The fraction of sp³-hybridized carbons (Fsp3) is 0.526. The minimum absolute atomic E-state index is 0.241. The van der Waals surface area contributed by atoms with E-state index in [4.69, 9.17) is 9.52 Å². The number of fused-ring (bicyclic) bond motifs is 1. The molecule has 4 rings (SSSR count). The molecule has 1 aliphatic rings. The first-order valence-electron chi connectivity index (χ1n) is 9.26. The van der Waals surface area contributed by atoms with Crippen molar-refractivity contribution in [1.29, 1.82) is 0 Å². The van der Waals surface area contributed by atoms with E-state index in [2.05, 4.69) is 35.0 Å². The molecule has 0 saturated carbocycles. The third-order valence-corrected chi connectivity index (χ3v) is 5.08. The molecule has 0 unspecified atom stereocenters. The summed E-state index contributed by atoms with van der Waals surface area (Å²) in [6.07, 6.45) is 1.84. The van der Waals surface area contributed by atoms with Crippen molar-refractivity contribution in [1.82, 2.24) is 24.9 Å². The number of aromatic nitrogens is 4. The molecule has 0 spiro atoms. The summed E-state index contributed by atoms with van der Waals surface area (Å²) in [7, 11) is 0. The number of piperidine rings is 1. The Morgan fingerprint density at radius 1 is 1.19 bits per heavy atom. The van der Waals surface area contributed by atoms with Gasteiger partial charge in [-0.15, -0.1) is 10.2 Å². The molecule has 0 bridgehead atoms. The number of hydrogen-bond acceptors (Lipinski definition) is 5. The Bertz CT molecular complexity index is 879. The molecule has 0 atom stereocenters. The summed E-state index contributed by atoms with van der Waals surface area (Å²) in [5.41, 5.74) is 1.81. The summed E-state index contributed by atoms with van der Waals surface area (Å²) in [6, 6.07) is 8.35. The van der Waals surface area contributed by atoms with Crippen LogP contribution >= 0.6 is 0 Å². The molecule has 1 aliphatic heterocycles. The van der Waals surface area contributed by atoms with E-state index in [9.17, 15) is 4.39 Å². The lowest BCUT2D eigenvalue weighted by molar-refractivity contribution is 0.187. The smallest absolute Gasteiger partial charge is 0.268 e. The molecule has 1 aromatic carbocycles. The summed E-state index contributed by atoms with van der Waals surface area (Å²) >= 11 is 0. The van der Waals surface area contributed by atoms with Crippen molar-refractivity contribution in [3.05, 3.63) is 30.2 Å². The molecule has 0 N–H and O–H groups in total. The fourth-order valence-electron chi connectivity index (χ4n) is 3.66. The SMILES string of the molecule is CC(C)n1nc(-c2nnc(C3CCN(CCF)CC3)o2)c2ccccc21. The standard InChI is InChI=1S/C19H24FN5O/c1-13(2)25-16-6-4-3-5-15(16)17(23-25)19-22-21-18(26-19)14-7-10-24(11-8-14)12-9-20/h3-6,13-14H,7-12H2,1-2H3. The van der Waals surface area contributed by atoms with Gasteiger partial charge < -0.3 is 9.32 Å². The van der Waals surface area contributed by atoms with Crippen LogP contribution in [0.2, 0.25) is 0 Å². The number of alkyl halides is 1.